The molecule has 1 amide bonds. The maximum atomic E-state index is 14.3. The minimum absolute atomic E-state index is 0.363. The van der Waals surface area contributed by atoms with Gasteiger partial charge in [0.15, 0.2) is 5.65 Å². The summed E-state index contributed by atoms with van der Waals surface area (Å²) in [6.07, 6.45) is 4.58. The van der Waals surface area contributed by atoms with E-state index in [1.165, 1.54) is 23.5 Å². The second-order valence-electron chi connectivity index (χ2n) is 9.02. The Bertz CT molecular complexity index is 1110. The molecule has 0 unspecified atom stereocenters. The molecule has 0 saturated heterocycles. The van der Waals surface area contributed by atoms with Crippen molar-refractivity contribution in [3.05, 3.63) is 47.4 Å². The highest BCUT2D eigenvalue weighted by Crippen LogP contribution is 2.39. The van der Waals surface area contributed by atoms with Crippen LogP contribution < -0.4 is 10.2 Å². The number of rotatable bonds is 4. The normalized spacial score (nSPS) is 14.4. The molecule has 1 fully saturated rings. The first-order valence-electron chi connectivity index (χ1n) is 10.5. The number of nitrogens with zero attached hydrogens (tertiary/aromatic N) is 4. The maximum Gasteiger partial charge on any atom is 0.420 e. The third-order valence-corrected chi connectivity index (χ3v) is 5.37. The molecule has 0 aliphatic heterocycles. The van der Waals surface area contributed by atoms with Gasteiger partial charge in [-0.25, -0.2) is 19.1 Å². The van der Waals surface area contributed by atoms with Gasteiger partial charge in [-0.1, -0.05) is 6.42 Å². The zero-order valence-corrected chi connectivity index (χ0v) is 18.6. The molecule has 3 aromatic rings. The van der Waals surface area contributed by atoms with E-state index >= 15 is 0 Å². The first-order chi connectivity index (χ1) is 14.7. The highest BCUT2D eigenvalue weighted by molar-refractivity contribution is 5.96. The van der Waals surface area contributed by atoms with Crippen molar-refractivity contribution in [3.63, 3.8) is 0 Å². The highest BCUT2D eigenvalue weighted by atomic mass is 19.1. The van der Waals surface area contributed by atoms with Crippen molar-refractivity contribution in [2.75, 3.05) is 17.3 Å². The Labute approximate surface area is 181 Å². The van der Waals surface area contributed by atoms with Gasteiger partial charge >= 0.3 is 6.09 Å². The van der Waals surface area contributed by atoms with Crippen LogP contribution >= 0.6 is 0 Å². The molecule has 1 N–H and O–H groups in total. The Kier molecular flexibility index (Phi) is 5.33. The molecule has 0 radical (unpaired) electrons. The van der Waals surface area contributed by atoms with Gasteiger partial charge in [0, 0.05) is 18.7 Å². The molecule has 2 aromatic heterocycles. The summed E-state index contributed by atoms with van der Waals surface area (Å²) in [6, 6.07) is 6.20. The number of fused-ring (bicyclic) bond motifs is 1. The van der Waals surface area contributed by atoms with Gasteiger partial charge in [-0.05, 0) is 70.2 Å². The third-order valence-electron chi connectivity index (χ3n) is 5.37. The lowest BCUT2D eigenvalue weighted by molar-refractivity contribution is 0.0597. The summed E-state index contributed by atoms with van der Waals surface area (Å²) in [7, 11) is 1.77. The molecule has 0 bridgehead atoms. The topological polar surface area (TPSA) is 71.8 Å². The molecule has 0 spiro atoms. The number of carbonyl (C=O) groups is 1. The Hall–Kier alpha value is -3.16. The van der Waals surface area contributed by atoms with Crippen molar-refractivity contribution in [3.8, 4) is 0 Å². The van der Waals surface area contributed by atoms with Gasteiger partial charge in [0.1, 0.15) is 23.1 Å². The quantitative estimate of drug-likeness (QED) is 0.593. The van der Waals surface area contributed by atoms with Crippen LogP contribution in [0, 0.1) is 12.7 Å². The molecule has 1 saturated carbocycles. The molecule has 1 aliphatic carbocycles. The fourth-order valence-electron chi connectivity index (χ4n) is 3.74. The van der Waals surface area contributed by atoms with Crippen molar-refractivity contribution in [1.82, 2.24) is 14.6 Å². The number of hydrogen-bond acceptors (Lipinski definition) is 5. The van der Waals surface area contributed by atoms with Crippen molar-refractivity contribution in [2.45, 2.75) is 58.5 Å². The zero-order valence-electron chi connectivity index (χ0n) is 18.6. The first kappa shape index (κ1) is 21.1. The Morgan fingerprint density at radius 2 is 2.00 bits per heavy atom. The fourth-order valence-corrected chi connectivity index (χ4v) is 3.74. The van der Waals surface area contributed by atoms with Gasteiger partial charge in [0.2, 0.25) is 0 Å². The minimum Gasteiger partial charge on any atom is -0.443 e. The van der Waals surface area contributed by atoms with Crippen molar-refractivity contribution in [1.29, 1.82) is 0 Å². The van der Waals surface area contributed by atoms with E-state index in [0.717, 1.165) is 18.4 Å². The molecule has 164 valence electrons. The number of benzene rings is 1. The van der Waals surface area contributed by atoms with Gasteiger partial charge in [-0.15, -0.1) is 0 Å². The molecule has 1 aromatic carbocycles. The molecule has 2 heterocycles. The summed E-state index contributed by atoms with van der Waals surface area (Å²) in [5, 5.41) is 7.61. The lowest BCUT2D eigenvalue weighted by Gasteiger charge is -2.28. The van der Waals surface area contributed by atoms with Gasteiger partial charge < -0.3 is 10.1 Å². The molecule has 0 atom stereocenters. The number of halogens is 1. The zero-order chi connectivity index (χ0) is 22.3. The van der Waals surface area contributed by atoms with E-state index < -0.39 is 17.5 Å². The van der Waals surface area contributed by atoms with Crippen LogP contribution in [0.15, 0.2) is 30.5 Å². The molecule has 31 heavy (non-hydrogen) atoms. The van der Waals surface area contributed by atoms with Crippen LogP contribution in [0.4, 0.5) is 26.5 Å². The SMILES string of the molecule is CNc1cc(N(C(=O)OC(C)(C)C)c2cc(C)cc(F)c2)n2ncc(C3CCC3)c2n1. The van der Waals surface area contributed by atoms with Crippen LogP contribution in [-0.4, -0.2) is 33.3 Å². The maximum absolute atomic E-state index is 14.3. The molecule has 7 nitrogen and oxygen atoms in total. The van der Waals surface area contributed by atoms with E-state index in [1.807, 2.05) is 6.20 Å². The van der Waals surface area contributed by atoms with E-state index in [0.29, 0.717) is 34.5 Å². The number of carbonyl (C=O) groups excluding carboxylic acids is 1. The van der Waals surface area contributed by atoms with Gasteiger partial charge in [0.25, 0.3) is 0 Å². The van der Waals surface area contributed by atoms with Crippen LogP contribution in [0.5, 0.6) is 0 Å². The van der Waals surface area contributed by atoms with E-state index in [9.17, 15) is 9.18 Å². The standard InChI is InChI=1S/C23H28FN5O2/c1-14-9-16(24)11-17(10-14)28(22(30)31-23(2,3)4)20-12-19(25-5)27-21-18(13-26-29(20)21)15-7-6-8-15/h9-13,15H,6-8H2,1-5H3,(H,25,27). The average molecular weight is 426 g/mol. The number of aromatic nitrogens is 3. The van der Waals surface area contributed by atoms with Crippen LogP contribution in [-0.2, 0) is 4.74 Å². The summed E-state index contributed by atoms with van der Waals surface area (Å²) < 4.78 is 21.6. The highest BCUT2D eigenvalue weighted by Gasteiger charge is 2.30. The number of anilines is 3. The number of aryl methyl sites for hydroxylation is 1. The van der Waals surface area contributed by atoms with E-state index in [-0.39, 0.29) is 0 Å². The number of nitrogens with one attached hydrogen (secondary N) is 1. The van der Waals surface area contributed by atoms with E-state index in [4.69, 9.17) is 9.72 Å². The van der Waals surface area contributed by atoms with Gasteiger partial charge in [-0.3, -0.25) is 0 Å². The first-order valence-corrected chi connectivity index (χ1v) is 10.5. The Morgan fingerprint density at radius 3 is 2.58 bits per heavy atom. The second-order valence-corrected chi connectivity index (χ2v) is 9.02. The molecular weight excluding hydrogens is 397 g/mol. The largest absolute Gasteiger partial charge is 0.443 e. The lowest BCUT2D eigenvalue weighted by atomic mass is 9.81. The van der Waals surface area contributed by atoms with Crippen molar-refractivity contribution in [2.24, 2.45) is 0 Å². The number of ether oxygens (including phenoxy) is 1. The lowest BCUT2D eigenvalue weighted by Crippen LogP contribution is -2.35. The summed E-state index contributed by atoms with van der Waals surface area (Å²) in [6.45, 7) is 7.17. The van der Waals surface area contributed by atoms with Crippen molar-refractivity contribution >= 4 is 29.1 Å². The summed E-state index contributed by atoms with van der Waals surface area (Å²) in [5.74, 6) is 0.999. The predicted octanol–water partition coefficient (Wildman–Crippen LogP) is 5.56. The number of hydrogen-bond donors (Lipinski definition) is 1. The second kappa shape index (κ2) is 7.83. The molecule has 1 aliphatic rings. The van der Waals surface area contributed by atoms with Crippen LogP contribution in [0.25, 0.3) is 5.65 Å². The van der Waals surface area contributed by atoms with Crippen LogP contribution in [0.1, 0.15) is 57.1 Å². The number of amides is 1. The van der Waals surface area contributed by atoms with Gasteiger partial charge in [0.05, 0.1) is 11.9 Å². The molecule has 4 rings (SSSR count). The third kappa shape index (κ3) is 4.19. The monoisotopic (exact) mass is 425 g/mol. The molecule has 8 heteroatoms. The van der Waals surface area contributed by atoms with Crippen molar-refractivity contribution < 1.29 is 13.9 Å². The van der Waals surface area contributed by atoms with Gasteiger partial charge in [-0.2, -0.15) is 9.61 Å². The Morgan fingerprint density at radius 1 is 1.26 bits per heavy atom. The van der Waals surface area contributed by atoms with Crippen LogP contribution in [0.3, 0.4) is 0 Å². The molecular formula is C23H28FN5O2. The van der Waals surface area contributed by atoms with Crippen LogP contribution in [0.2, 0.25) is 0 Å². The van der Waals surface area contributed by atoms with E-state index in [1.54, 1.807) is 51.4 Å². The average Bonchev–Trinajstić information content (AvgIpc) is 3.01. The fraction of sp³-hybridized carbons (Fsp3) is 0.435. The summed E-state index contributed by atoms with van der Waals surface area (Å²) in [5.41, 5.74) is 2.08. The smallest absolute Gasteiger partial charge is 0.420 e. The minimum atomic E-state index is -0.725. The Balaban J connectivity index is 1.93. The predicted molar refractivity (Wildman–Crippen MR) is 119 cm³/mol. The van der Waals surface area contributed by atoms with E-state index in [2.05, 4.69) is 10.4 Å². The summed E-state index contributed by atoms with van der Waals surface area (Å²) >= 11 is 0. The summed E-state index contributed by atoms with van der Waals surface area (Å²) in [4.78, 5) is 19.4.